The summed E-state index contributed by atoms with van der Waals surface area (Å²) in [7, 11) is 2.79. The highest BCUT2D eigenvalue weighted by Gasteiger charge is 2.25. The van der Waals surface area contributed by atoms with Gasteiger partial charge in [0, 0.05) is 16.7 Å². The molecule has 1 aliphatic carbocycles. The van der Waals surface area contributed by atoms with Crippen LogP contribution in [-0.2, 0) is 9.47 Å². The predicted octanol–water partition coefficient (Wildman–Crippen LogP) is 3.13. The van der Waals surface area contributed by atoms with Crippen LogP contribution in [-0.4, -0.2) is 29.9 Å². The van der Waals surface area contributed by atoms with Crippen LogP contribution in [0.15, 0.2) is 53.5 Å². The fourth-order valence-corrected chi connectivity index (χ4v) is 2.10. The van der Waals surface area contributed by atoms with Crippen molar-refractivity contribution in [3.05, 3.63) is 74.5 Å². The Balaban J connectivity index is 2.62. The van der Waals surface area contributed by atoms with E-state index in [1.54, 1.807) is 24.3 Å². The molecule has 0 spiro atoms. The van der Waals surface area contributed by atoms with Gasteiger partial charge < -0.3 is 25.0 Å². The summed E-state index contributed by atoms with van der Waals surface area (Å²) in [4.78, 5) is -0.594. The lowest BCUT2D eigenvalue weighted by molar-refractivity contribution is -0.377. The van der Waals surface area contributed by atoms with Gasteiger partial charge in [0.1, 0.15) is 5.76 Å². The van der Waals surface area contributed by atoms with Gasteiger partial charge in [-0.3, -0.25) is 0 Å². The van der Waals surface area contributed by atoms with Crippen molar-refractivity contribution >= 4 is 23.1 Å². The lowest BCUT2D eigenvalue weighted by atomic mass is 9.98. The second kappa shape index (κ2) is 6.44. The number of ether oxygens (including phenoxy) is 2. The van der Waals surface area contributed by atoms with Gasteiger partial charge in [0.05, 0.1) is 25.9 Å². The molecule has 1 aromatic rings. The molecule has 0 atom stereocenters. The van der Waals surface area contributed by atoms with E-state index in [4.69, 9.17) is 21.1 Å². The first-order valence-corrected chi connectivity index (χ1v) is 6.58. The molecule has 0 aliphatic heterocycles. The third kappa shape index (κ3) is 3.01. The van der Waals surface area contributed by atoms with Crippen LogP contribution >= 0.6 is 11.6 Å². The van der Waals surface area contributed by atoms with Gasteiger partial charge in [0.15, 0.2) is 11.5 Å². The summed E-state index contributed by atoms with van der Waals surface area (Å²) in [5.41, 5.74) is 0.148. The average molecular weight is 323 g/mol. The van der Waals surface area contributed by atoms with Crippen LogP contribution in [0, 0.1) is 10.4 Å². The minimum atomic E-state index is -0.594. The number of aliphatic hydroxyl groups is 1. The molecule has 7 heteroatoms. The minimum Gasteiger partial charge on any atom is -0.612 e. The first-order chi connectivity index (χ1) is 10.5. The molecule has 0 bridgehead atoms. The Morgan fingerprint density at radius 1 is 1.05 bits per heavy atom. The number of allylic oxidation sites excluding steroid dienone is 3. The second-order valence-electron chi connectivity index (χ2n) is 4.34. The number of hydrogen-bond acceptors (Lipinski definition) is 5. The van der Waals surface area contributed by atoms with Crippen LogP contribution in [0.5, 0.6) is 0 Å². The lowest BCUT2D eigenvalue weighted by Crippen LogP contribution is -2.18. The molecule has 6 nitrogen and oxygen atoms in total. The third-order valence-corrected chi connectivity index (χ3v) is 3.32. The molecule has 0 aromatic heterocycles. The first-order valence-electron chi connectivity index (χ1n) is 6.20. The van der Waals surface area contributed by atoms with E-state index >= 15 is 0 Å². The summed E-state index contributed by atoms with van der Waals surface area (Å²) in [5, 5.41) is 33.4. The molecular weight excluding hydrogens is 310 g/mol. The topological polar surface area (TPSA) is 87.8 Å². The number of aliphatic hydroxyl groups excluding tert-OH is 1. The second-order valence-corrected chi connectivity index (χ2v) is 4.77. The molecule has 0 unspecified atom stereocenters. The highest BCUT2D eigenvalue weighted by Crippen LogP contribution is 2.27. The molecule has 1 N–H and O–H groups in total. The van der Waals surface area contributed by atoms with Crippen LogP contribution in [0.25, 0.3) is 5.76 Å². The lowest BCUT2D eigenvalue weighted by Gasteiger charge is -2.18. The Bertz CT molecular complexity index is 697. The molecule has 0 fully saturated rings. The van der Waals surface area contributed by atoms with Gasteiger partial charge in [-0.05, 0) is 24.3 Å². The van der Waals surface area contributed by atoms with Gasteiger partial charge in [-0.2, -0.15) is 4.90 Å². The normalized spacial score (nSPS) is 16.6. The van der Waals surface area contributed by atoms with E-state index in [1.807, 2.05) is 0 Å². The Kier molecular flexibility index (Phi) is 4.62. The van der Waals surface area contributed by atoms with Crippen molar-refractivity contribution in [2.45, 2.75) is 0 Å². The molecule has 2 rings (SSSR count). The zero-order chi connectivity index (χ0) is 16.3. The van der Waals surface area contributed by atoms with E-state index in [2.05, 4.69) is 0 Å². The van der Waals surface area contributed by atoms with Gasteiger partial charge in [0.25, 0.3) is 0 Å². The van der Waals surface area contributed by atoms with Crippen molar-refractivity contribution in [1.82, 2.24) is 0 Å². The van der Waals surface area contributed by atoms with Crippen LogP contribution in [0.2, 0.25) is 5.02 Å². The van der Waals surface area contributed by atoms with Crippen LogP contribution in [0.4, 0.5) is 0 Å². The van der Waals surface area contributed by atoms with Crippen LogP contribution in [0.1, 0.15) is 5.56 Å². The smallest absolute Gasteiger partial charge is 0.237 e. The molecule has 22 heavy (non-hydrogen) atoms. The molecule has 1 aliphatic rings. The standard InChI is InChI=1S/C15H13ClNO5/c1-21-13-7-11(12(17(19)20)8-14(13)22-2)15(18)9-3-5-10(16)6-4-9/h3-8H,1-2H3,(H-,18,19,20)/q-1. The Labute approximate surface area is 132 Å². The molecule has 1 aromatic carbocycles. The summed E-state index contributed by atoms with van der Waals surface area (Å²) in [6.07, 6.45) is 2.57. The number of nitrogens with zero attached hydrogens (tertiary/aromatic N) is 1. The maximum atomic E-state index is 11.2. The first kappa shape index (κ1) is 15.8. The average Bonchev–Trinajstić information content (AvgIpc) is 2.53. The molecule has 0 amide bonds. The van der Waals surface area contributed by atoms with Gasteiger partial charge in [0.2, 0.25) is 5.71 Å². The fraction of sp³-hybridized carbons (Fsp3) is 0.133. The highest BCUT2D eigenvalue weighted by atomic mass is 35.5. The molecular formula is C15H13ClNO5-. The summed E-state index contributed by atoms with van der Waals surface area (Å²) >= 11 is 5.80. The van der Waals surface area contributed by atoms with Gasteiger partial charge in [-0.1, -0.05) is 11.6 Å². The fourth-order valence-electron chi connectivity index (χ4n) is 1.97. The summed E-state index contributed by atoms with van der Waals surface area (Å²) in [6.45, 7) is 0. The maximum absolute atomic E-state index is 11.2. The quantitative estimate of drug-likeness (QED) is 0.524. The van der Waals surface area contributed by atoms with E-state index in [-0.39, 0.29) is 28.6 Å². The van der Waals surface area contributed by atoms with Gasteiger partial charge in [-0.25, -0.2) is 0 Å². The summed E-state index contributed by atoms with van der Waals surface area (Å²) in [5.74, 6) is 0.245. The molecule has 116 valence electrons. The molecule has 0 radical (unpaired) electrons. The van der Waals surface area contributed by atoms with E-state index in [1.165, 1.54) is 26.4 Å². The van der Waals surface area contributed by atoms with Crippen LogP contribution in [0.3, 0.4) is 0 Å². The predicted molar refractivity (Wildman–Crippen MR) is 83.2 cm³/mol. The van der Waals surface area contributed by atoms with Crippen molar-refractivity contribution in [2.75, 3.05) is 14.2 Å². The highest BCUT2D eigenvalue weighted by molar-refractivity contribution is 6.30. The van der Waals surface area contributed by atoms with Crippen molar-refractivity contribution in [2.24, 2.45) is 0 Å². The van der Waals surface area contributed by atoms with Crippen LogP contribution < -0.4 is 0 Å². The zero-order valence-corrected chi connectivity index (χ0v) is 12.6. The number of rotatable bonds is 3. The van der Waals surface area contributed by atoms with Crippen molar-refractivity contribution < 1.29 is 19.5 Å². The van der Waals surface area contributed by atoms with Gasteiger partial charge in [-0.15, -0.1) is 0 Å². The van der Waals surface area contributed by atoms with E-state index in [9.17, 15) is 15.5 Å². The van der Waals surface area contributed by atoms with E-state index < -0.39 is 4.90 Å². The molecule has 0 saturated heterocycles. The SMILES string of the molecule is COC1=CC(=C(O)c2ccc(Cl)cc2)C(=[N+]([O-])[O-])C=C1OC. The summed E-state index contributed by atoms with van der Waals surface area (Å²) < 4.78 is 10.2. The van der Waals surface area contributed by atoms with Crippen molar-refractivity contribution in [3.63, 3.8) is 0 Å². The van der Waals surface area contributed by atoms with Crippen molar-refractivity contribution in [1.29, 1.82) is 0 Å². The van der Waals surface area contributed by atoms with Crippen molar-refractivity contribution in [3.8, 4) is 0 Å². The monoisotopic (exact) mass is 322 g/mol. The number of halogens is 1. The number of methoxy groups -OCH3 is 2. The number of hydrogen-bond donors (Lipinski definition) is 1. The number of benzene rings is 1. The Morgan fingerprint density at radius 2 is 1.59 bits per heavy atom. The molecule has 0 saturated carbocycles. The zero-order valence-electron chi connectivity index (χ0n) is 11.9. The molecule has 0 heterocycles. The van der Waals surface area contributed by atoms with E-state index in [0.717, 1.165) is 0 Å². The van der Waals surface area contributed by atoms with E-state index in [0.29, 0.717) is 10.6 Å². The Hall–Kier alpha value is -2.60. The minimum absolute atomic E-state index is 0.0324. The maximum Gasteiger partial charge on any atom is 0.237 e. The largest absolute Gasteiger partial charge is 0.612 e. The third-order valence-electron chi connectivity index (χ3n) is 3.07. The van der Waals surface area contributed by atoms with Gasteiger partial charge >= 0.3 is 0 Å². The summed E-state index contributed by atoms with van der Waals surface area (Å²) in [6, 6.07) is 6.30. The Morgan fingerprint density at radius 3 is 2.09 bits per heavy atom.